The van der Waals surface area contributed by atoms with Crippen LogP contribution in [-0.4, -0.2) is 17.1 Å². The summed E-state index contributed by atoms with van der Waals surface area (Å²) >= 11 is 0. The third kappa shape index (κ3) is 2.54. The smallest absolute Gasteiger partial charge is 0.151 e. The number of rotatable bonds is 2. The Morgan fingerprint density at radius 1 is 1.16 bits per heavy atom. The lowest BCUT2D eigenvalue weighted by Crippen LogP contribution is -2.32. The molecule has 3 N–H and O–H groups in total. The predicted octanol–water partition coefficient (Wildman–Crippen LogP) is 3.06. The second-order valence-electron chi connectivity index (χ2n) is 5.28. The maximum Gasteiger partial charge on any atom is 0.151 e. The topological polar surface area (TPSA) is 50.9 Å². The van der Waals surface area contributed by atoms with E-state index in [1.807, 2.05) is 18.2 Å². The lowest BCUT2D eigenvalue weighted by Gasteiger charge is -2.28. The summed E-state index contributed by atoms with van der Waals surface area (Å²) in [5.74, 6) is -0.270. The number of hydrogen-bond donors (Lipinski definition) is 2. The van der Waals surface area contributed by atoms with Crippen LogP contribution in [0.25, 0.3) is 10.8 Å². The lowest BCUT2D eigenvalue weighted by molar-refractivity contribution is 0.411. The summed E-state index contributed by atoms with van der Waals surface area (Å²) < 4.78 is 13.9. The van der Waals surface area contributed by atoms with E-state index < -0.39 is 0 Å². The average molecular weight is 259 g/mol. The lowest BCUT2D eigenvalue weighted by atomic mass is 9.91. The molecule has 0 bridgehead atoms. The van der Waals surface area contributed by atoms with E-state index in [0.29, 0.717) is 17.5 Å². The Kier molecular flexibility index (Phi) is 3.34. The Hall–Kier alpha value is -1.68. The molecule has 2 aromatic rings. The summed E-state index contributed by atoms with van der Waals surface area (Å²) in [5, 5.41) is 4.92. The standard InChI is InChI=1S/C15H18FN3/c16-13-9-18-8-10-2-1-3-14(15(10)13)19-12-6-4-11(17)5-7-12/h1-3,8-9,11-12,19H,4-7,17H2. The number of benzene rings is 1. The van der Waals surface area contributed by atoms with Gasteiger partial charge in [-0.3, -0.25) is 4.98 Å². The van der Waals surface area contributed by atoms with Crippen molar-refractivity contribution in [2.45, 2.75) is 37.8 Å². The summed E-state index contributed by atoms with van der Waals surface area (Å²) in [5.41, 5.74) is 6.77. The van der Waals surface area contributed by atoms with E-state index in [2.05, 4.69) is 10.3 Å². The molecule has 1 saturated carbocycles. The van der Waals surface area contributed by atoms with Crippen molar-refractivity contribution in [1.29, 1.82) is 0 Å². The zero-order chi connectivity index (χ0) is 13.2. The van der Waals surface area contributed by atoms with Crippen LogP contribution in [0.5, 0.6) is 0 Å². The Morgan fingerprint density at radius 2 is 1.95 bits per heavy atom. The van der Waals surface area contributed by atoms with Gasteiger partial charge >= 0.3 is 0 Å². The molecule has 100 valence electrons. The summed E-state index contributed by atoms with van der Waals surface area (Å²) in [6, 6.07) is 6.46. The Labute approximate surface area is 112 Å². The highest BCUT2D eigenvalue weighted by molar-refractivity contribution is 5.93. The highest BCUT2D eigenvalue weighted by Gasteiger charge is 2.19. The van der Waals surface area contributed by atoms with Crippen LogP contribution in [0.15, 0.2) is 30.6 Å². The van der Waals surface area contributed by atoms with Gasteiger partial charge in [-0.05, 0) is 31.7 Å². The molecule has 1 heterocycles. The fourth-order valence-corrected chi connectivity index (χ4v) is 2.80. The number of nitrogens with one attached hydrogen (secondary N) is 1. The molecule has 4 heteroatoms. The molecule has 1 aliphatic carbocycles. The number of anilines is 1. The third-order valence-corrected chi connectivity index (χ3v) is 3.87. The van der Waals surface area contributed by atoms with Gasteiger partial charge < -0.3 is 11.1 Å². The minimum Gasteiger partial charge on any atom is -0.382 e. The van der Waals surface area contributed by atoms with Crippen LogP contribution in [-0.2, 0) is 0 Å². The first-order chi connectivity index (χ1) is 9.24. The molecule has 3 rings (SSSR count). The van der Waals surface area contributed by atoms with Crippen LogP contribution >= 0.6 is 0 Å². The molecule has 19 heavy (non-hydrogen) atoms. The first kappa shape index (κ1) is 12.4. The quantitative estimate of drug-likeness (QED) is 0.871. The molecule has 0 atom stereocenters. The van der Waals surface area contributed by atoms with Crippen molar-refractivity contribution in [3.05, 3.63) is 36.4 Å². The molecule has 3 nitrogen and oxygen atoms in total. The van der Waals surface area contributed by atoms with Crippen LogP contribution in [0.2, 0.25) is 0 Å². The van der Waals surface area contributed by atoms with E-state index in [0.717, 1.165) is 36.8 Å². The largest absolute Gasteiger partial charge is 0.382 e. The van der Waals surface area contributed by atoms with E-state index >= 15 is 0 Å². The normalized spacial score (nSPS) is 23.5. The molecule has 0 spiro atoms. The molecular formula is C15H18FN3. The first-order valence-electron chi connectivity index (χ1n) is 6.78. The van der Waals surface area contributed by atoms with Crippen molar-refractivity contribution in [3.63, 3.8) is 0 Å². The molecule has 1 aliphatic rings. The molecule has 0 radical (unpaired) electrons. The van der Waals surface area contributed by atoms with Crippen molar-refractivity contribution < 1.29 is 4.39 Å². The highest BCUT2D eigenvalue weighted by Crippen LogP contribution is 2.28. The van der Waals surface area contributed by atoms with Crippen LogP contribution in [0.4, 0.5) is 10.1 Å². The molecular weight excluding hydrogens is 241 g/mol. The van der Waals surface area contributed by atoms with Gasteiger partial charge in [0.05, 0.1) is 6.20 Å². The molecule has 1 aromatic carbocycles. The van der Waals surface area contributed by atoms with E-state index in [9.17, 15) is 4.39 Å². The Bertz CT molecular complexity index is 571. The van der Waals surface area contributed by atoms with Gasteiger partial charge in [-0.25, -0.2) is 4.39 Å². The number of fused-ring (bicyclic) bond motifs is 1. The van der Waals surface area contributed by atoms with Gasteiger partial charge in [0.15, 0.2) is 5.82 Å². The zero-order valence-corrected chi connectivity index (χ0v) is 10.8. The maximum absolute atomic E-state index is 13.9. The van der Waals surface area contributed by atoms with E-state index in [4.69, 9.17) is 5.73 Å². The van der Waals surface area contributed by atoms with Gasteiger partial charge in [0, 0.05) is 34.7 Å². The number of aromatic nitrogens is 1. The molecule has 0 amide bonds. The number of nitrogens with zero attached hydrogens (tertiary/aromatic N) is 1. The van der Waals surface area contributed by atoms with Crippen LogP contribution in [0.3, 0.4) is 0 Å². The SMILES string of the molecule is NC1CCC(Nc2cccc3cncc(F)c23)CC1. The van der Waals surface area contributed by atoms with Crippen molar-refractivity contribution in [2.24, 2.45) is 5.73 Å². The van der Waals surface area contributed by atoms with Gasteiger partial charge in [-0.15, -0.1) is 0 Å². The minimum absolute atomic E-state index is 0.270. The fourth-order valence-electron chi connectivity index (χ4n) is 2.80. The predicted molar refractivity (Wildman–Crippen MR) is 75.6 cm³/mol. The molecule has 0 aliphatic heterocycles. The minimum atomic E-state index is -0.270. The highest BCUT2D eigenvalue weighted by atomic mass is 19.1. The second kappa shape index (κ2) is 5.13. The van der Waals surface area contributed by atoms with E-state index in [-0.39, 0.29) is 5.82 Å². The summed E-state index contributed by atoms with van der Waals surface area (Å²) in [7, 11) is 0. The Balaban J connectivity index is 1.88. The molecule has 0 saturated heterocycles. The van der Waals surface area contributed by atoms with Crippen LogP contribution in [0, 0.1) is 5.82 Å². The van der Waals surface area contributed by atoms with E-state index in [1.54, 1.807) is 6.20 Å². The molecule has 1 fully saturated rings. The van der Waals surface area contributed by atoms with Gasteiger partial charge in [0.25, 0.3) is 0 Å². The Morgan fingerprint density at radius 3 is 2.74 bits per heavy atom. The monoisotopic (exact) mass is 259 g/mol. The van der Waals surface area contributed by atoms with Gasteiger partial charge in [-0.1, -0.05) is 12.1 Å². The molecule has 1 aromatic heterocycles. The third-order valence-electron chi connectivity index (χ3n) is 3.87. The summed E-state index contributed by atoms with van der Waals surface area (Å²) in [6.07, 6.45) is 7.12. The van der Waals surface area contributed by atoms with Gasteiger partial charge in [0.2, 0.25) is 0 Å². The average Bonchev–Trinajstić information content (AvgIpc) is 2.42. The second-order valence-corrected chi connectivity index (χ2v) is 5.28. The maximum atomic E-state index is 13.9. The number of halogens is 1. The first-order valence-corrected chi connectivity index (χ1v) is 6.78. The van der Waals surface area contributed by atoms with E-state index in [1.165, 1.54) is 6.20 Å². The number of nitrogens with two attached hydrogens (primary N) is 1. The van der Waals surface area contributed by atoms with Gasteiger partial charge in [0.1, 0.15) is 0 Å². The number of pyridine rings is 1. The van der Waals surface area contributed by atoms with Crippen molar-refractivity contribution in [2.75, 3.05) is 5.32 Å². The summed E-state index contributed by atoms with van der Waals surface area (Å²) in [6.45, 7) is 0. The van der Waals surface area contributed by atoms with Crippen molar-refractivity contribution in [3.8, 4) is 0 Å². The van der Waals surface area contributed by atoms with Crippen molar-refractivity contribution >= 4 is 16.5 Å². The summed E-state index contributed by atoms with van der Waals surface area (Å²) in [4.78, 5) is 3.89. The number of hydrogen-bond acceptors (Lipinski definition) is 3. The van der Waals surface area contributed by atoms with Crippen LogP contribution in [0.1, 0.15) is 25.7 Å². The molecule has 0 unspecified atom stereocenters. The zero-order valence-electron chi connectivity index (χ0n) is 10.8. The van der Waals surface area contributed by atoms with Gasteiger partial charge in [-0.2, -0.15) is 0 Å². The fraction of sp³-hybridized carbons (Fsp3) is 0.400. The van der Waals surface area contributed by atoms with Crippen LogP contribution < -0.4 is 11.1 Å². The van der Waals surface area contributed by atoms with Crippen molar-refractivity contribution in [1.82, 2.24) is 4.98 Å².